The molecule has 1 N–H and O–H groups in total. The summed E-state index contributed by atoms with van der Waals surface area (Å²) in [6.07, 6.45) is 11.7. The van der Waals surface area contributed by atoms with Crippen LogP contribution in [-0.2, 0) is 11.2 Å². The summed E-state index contributed by atoms with van der Waals surface area (Å²) in [4.78, 5) is 40.5. The van der Waals surface area contributed by atoms with Crippen LogP contribution in [-0.4, -0.2) is 51.3 Å². The Morgan fingerprint density at radius 1 is 1.09 bits per heavy atom. The predicted molar refractivity (Wildman–Crippen MR) is 126 cm³/mol. The van der Waals surface area contributed by atoms with Crippen molar-refractivity contribution in [2.75, 3.05) is 19.6 Å². The van der Waals surface area contributed by atoms with Crippen molar-refractivity contribution < 1.29 is 9.59 Å². The number of aromatic nitrogens is 3. The highest BCUT2D eigenvalue weighted by atomic mass is 16.2. The molecule has 0 aliphatic carbocycles. The van der Waals surface area contributed by atoms with Crippen molar-refractivity contribution in [2.24, 2.45) is 5.41 Å². The van der Waals surface area contributed by atoms with E-state index < -0.39 is 5.41 Å². The van der Waals surface area contributed by atoms with Gasteiger partial charge in [0, 0.05) is 44.4 Å². The topological polar surface area (TPSA) is 88.1 Å². The highest BCUT2D eigenvalue weighted by Gasteiger charge is 2.43. The summed E-state index contributed by atoms with van der Waals surface area (Å²) < 4.78 is 0. The van der Waals surface area contributed by atoms with Crippen LogP contribution in [0.1, 0.15) is 28.9 Å². The molecule has 0 spiro atoms. The first-order valence-corrected chi connectivity index (χ1v) is 11.1. The van der Waals surface area contributed by atoms with Gasteiger partial charge in [-0.15, -0.1) is 6.58 Å². The van der Waals surface area contributed by atoms with Gasteiger partial charge in [-0.2, -0.15) is 0 Å². The molecule has 1 atom stereocenters. The largest absolute Gasteiger partial charge is 0.352 e. The predicted octanol–water partition coefficient (Wildman–Crippen LogP) is 3.31. The van der Waals surface area contributed by atoms with E-state index in [4.69, 9.17) is 0 Å². The van der Waals surface area contributed by atoms with Crippen LogP contribution in [0.5, 0.6) is 0 Å². The maximum absolute atomic E-state index is 13.4. The Labute approximate surface area is 193 Å². The van der Waals surface area contributed by atoms with Crippen molar-refractivity contribution in [1.29, 1.82) is 0 Å². The van der Waals surface area contributed by atoms with E-state index in [1.54, 1.807) is 23.4 Å². The van der Waals surface area contributed by atoms with E-state index in [1.807, 2.05) is 30.3 Å². The van der Waals surface area contributed by atoms with E-state index in [2.05, 4.69) is 32.9 Å². The molecular weight excluding hydrogens is 414 g/mol. The summed E-state index contributed by atoms with van der Waals surface area (Å²) in [5.41, 5.74) is 2.74. The monoisotopic (exact) mass is 441 g/mol. The van der Waals surface area contributed by atoms with Crippen molar-refractivity contribution in [3.63, 3.8) is 0 Å². The average molecular weight is 442 g/mol. The molecule has 3 heterocycles. The van der Waals surface area contributed by atoms with Gasteiger partial charge in [-0.3, -0.25) is 19.6 Å². The molecule has 1 aliphatic rings. The first kappa shape index (κ1) is 22.3. The molecule has 7 heteroatoms. The number of amides is 2. The van der Waals surface area contributed by atoms with Crippen molar-refractivity contribution in [3.05, 3.63) is 91.3 Å². The van der Waals surface area contributed by atoms with Gasteiger partial charge in [0.1, 0.15) is 5.69 Å². The Kier molecular flexibility index (Phi) is 6.88. The lowest BCUT2D eigenvalue weighted by molar-refractivity contribution is -0.133. The Morgan fingerprint density at radius 3 is 2.70 bits per heavy atom. The van der Waals surface area contributed by atoms with Crippen LogP contribution in [0.4, 0.5) is 0 Å². The van der Waals surface area contributed by atoms with Gasteiger partial charge in [0.2, 0.25) is 5.91 Å². The van der Waals surface area contributed by atoms with Gasteiger partial charge in [0.25, 0.3) is 5.91 Å². The quantitative estimate of drug-likeness (QED) is 0.569. The van der Waals surface area contributed by atoms with Crippen LogP contribution < -0.4 is 5.32 Å². The molecular formula is C26H27N5O2. The molecule has 33 heavy (non-hydrogen) atoms. The molecule has 1 unspecified atom stereocenters. The fourth-order valence-electron chi connectivity index (χ4n) is 4.43. The number of benzene rings is 1. The normalized spacial score (nSPS) is 17.9. The highest BCUT2D eigenvalue weighted by Crippen LogP contribution is 2.35. The second kappa shape index (κ2) is 10.2. The number of hydrogen-bond acceptors (Lipinski definition) is 5. The molecule has 0 bridgehead atoms. The Balaban J connectivity index is 1.63. The Morgan fingerprint density at radius 2 is 1.94 bits per heavy atom. The fourth-order valence-corrected chi connectivity index (χ4v) is 4.43. The van der Waals surface area contributed by atoms with Gasteiger partial charge in [-0.25, -0.2) is 4.98 Å². The maximum Gasteiger partial charge on any atom is 0.274 e. The minimum absolute atomic E-state index is 0.0617. The summed E-state index contributed by atoms with van der Waals surface area (Å²) in [7, 11) is 0. The van der Waals surface area contributed by atoms with E-state index in [0.717, 1.165) is 23.1 Å². The number of nitrogens with zero attached hydrogens (tertiary/aromatic N) is 4. The molecule has 1 aromatic carbocycles. The van der Waals surface area contributed by atoms with Crippen LogP contribution in [0.25, 0.3) is 11.1 Å². The lowest BCUT2D eigenvalue weighted by atomic mass is 9.74. The molecule has 0 radical (unpaired) electrons. The van der Waals surface area contributed by atoms with E-state index in [1.165, 1.54) is 18.6 Å². The minimum Gasteiger partial charge on any atom is -0.352 e. The number of nitrogens with one attached hydrogen (secondary N) is 1. The molecule has 0 saturated carbocycles. The number of carbonyl (C=O) groups excluding carboxylic acids is 2. The fraction of sp³-hybridized carbons (Fsp3) is 0.269. The molecule has 1 aliphatic heterocycles. The van der Waals surface area contributed by atoms with E-state index in [0.29, 0.717) is 38.2 Å². The summed E-state index contributed by atoms with van der Waals surface area (Å²) in [6.45, 7) is 5.01. The lowest BCUT2D eigenvalue weighted by Gasteiger charge is -2.41. The third-order valence-electron chi connectivity index (χ3n) is 6.02. The number of likely N-dealkylation sites (tertiary alicyclic amines) is 1. The Bertz CT molecular complexity index is 1120. The number of hydrogen-bond donors (Lipinski definition) is 1. The van der Waals surface area contributed by atoms with Crippen molar-refractivity contribution in [3.8, 4) is 11.1 Å². The lowest BCUT2D eigenvalue weighted by Crippen LogP contribution is -2.54. The van der Waals surface area contributed by atoms with Crippen LogP contribution in [0.15, 0.2) is 80.0 Å². The van der Waals surface area contributed by atoms with Gasteiger partial charge in [0.15, 0.2) is 0 Å². The van der Waals surface area contributed by atoms with Gasteiger partial charge in [-0.05, 0) is 48.1 Å². The van der Waals surface area contributed by atoms with E-state index in [-0.39, 0.29) is 11.8 Å². The summed E-state index contributed by atoms with van der Waals surface area (Å²) in [5.74, 6) is -0.261. The molecule has 168 valence electrons. The molecule has 1 fully saturated rings. The number of carbonyl (C=O) groups is 2. The zero-order valence-corrected chi connectivity index (χ0v) is 18.5. The van der Waals surface area contributed by atoms with Gasteiger partial charge >= 0.3 is 0 Å². The van der Waals surface area contributed by atoms with Gasteiger partial charge in [-0.1, -0.05) is 30.3 Å². The second-order valence-corrected chi connectivity index (χ2v) is 8.31. The molecule has 7 nitrogen and oxygen atoms in total. The van der Waals surface area contributed by atoms with Gasteiger partial charge in [0.05, 0.1) is 11.6 Å². The first-order valence-electron chi connectivity index (χ1n) is 11.1. The SMILES string of the molecule is C=CCNC(=O)C1(Cc2cccc(-c3ccncc3)c2)CCCN(C(=O)c2cnccn2)C1. The van der Waals surface area contributed by atoms with Crippen LogP contribution >= 0.6 is 0 Å². The van der Waals surface area contributed by atoms with Crippen molar-refractivity contribution >= 4 is 11.8 Å². The van der Waals surface area contributed by atoms with Gasteiger partial charge < -0.3 is 10.2 Å². The maximum atomic E-state index is 13.4. The highest BCUT2D eigenvalue weighted by molar-refractivity contribution is 5.93. The average Bonchev–Trinajstić information content (AvgIpc) is 2.88. The smallest absolute Gasteiger partial charge is 0.274 e. The zero-order chi connectivity index (χ0) is 23.1. The molecule has 2 amide bonds. The third-order valence-corrected chi connectivity index (χ3v) is 6.02. The second-order valence-electron chi connectivity index (χ2n) is 8.31. The summed E-state index contributed by atoms with van der Waals surface area (Å²) >= 11 is 0. The number of pyridine rings is 1. The first-order chi connectivity index (χ1) is 16.1. The van der Waals surface area contributed by atoms with Crippen LogP contribution in [0, 0.1) is 5.41 Å². The van der Waals surface area contributed by atoms with Crippen molar-refractivity contribution in [1.82, 2.24) is 25.2 Å². The summed E-state index contributed by atoms with van der Waals surface area (Å²) in [6, 6.07) is 12.1. The van der Waals surface area contributed by atoms with Crippen molar-refractivity contribution in [2.45, 2.75) is 19.3 Å². The number of rotatable bonds is 7. The standard InChI is InChI=1S/C26H27N5O2/c1-2-10-30-25(33)26(9-4-15-31(19-26)24(32)23-18-28-13-14-29-23)17-20-5-3-6-22(16-20)21-7-11-27-12-8-21/h2-3,5-8,11-14,16,18H,1,4,9-10,15,17,19H2,(H,30,33). The van der Waals surface area contributed by atoms with E-state index >= 15 is 0 Å². The Hall–Kier alpha value is -3.87. The summed E-state index contributed by atoms with van der Waals surface area (Å²) in [5, 5.41) is 2.98. The molecule has 2 aromatic heterocycles. The third kappa shape index (κ3) is 5.14. The number of piperidine rings is 1. The molecule has 4 rings (SSSR count). The zero-order valence-electron chi connectivity index (χ0n) is 18.5. The molecule has 3 aromatic rings. The minimum atomic E-state index is -0.740. The van der Waals surface area contributed by atoms with E-state index in [9.17, 15) is 9.59 Å². The van der Waals surface area contributed by atoms with Crippen LogP contribution in [0.3, 0.4) is 0 Å². The van der Waals surface area contributed by atoms with Crippen LogP contribution in [0.2, 0.25) is 0 Å². The molecule has 1 saturated heterocycles.